The van der Waals surface area contributed by atoms with Gasteiger partial charge in [-0.2, -0.15) is 0 Å². The molecule has 11 atom stereocenters. The molecule has 1 amide bonds. The summed E-state index contributed by atoms with van der Waals surface area (Å²) in [7, 11) is 0. The molecule has 0 unspecified atom stereocenters. The third-order valence-electron chi connectivity index (χ3n) is 14.2. The van der Waals surface area contributed by atoms with Gasteiger partial charge in [-0.15, -0.1) is 13.2 Å². The molecule has 372 valence electrons. The van der Waals surface area contributed by atoms with Crippen molar-refractivity contribution >= 4 is 47.8 Å². The van der Waals surface area contributed by atoms with Crippen LogP contribution in [0.1, 0.15) is 99.5 Å². The number of nitrogens with one attached hydrogen (secondary N) is 1. The predicted octanol–water partition coefficient (Wildman–Crippen LogP) is 5.07. The minimum atomic E-state index is -2.47. The Kier molecular flexibility index (Phi) is 15.8. The van der Waals surface area contributed by atoms with Gasteiger partial charge in [0.15, 0.2) is 17.5 Å². The zero-order valence-electron chi connectivity index (χ0n) is 39.9. The number of aliphatic hydroxyl groups is 2. The lowest BCUT2D eigenvalue weighted by Gasteiger charge is -2.67. The number of esters is 5. The van der Waals surface area contributed by atoms with Crippen molar-refractivity contribution in [3.05, 3.63) is 132 Å². The molecule has 0 radical (unpaired) electrons. The molecule has 3 aliphatic carbocycles. The number of fused-ring (bicyclic) bond motifs is 5. The standard InChI is InChI=1S/C51H55NO16.C2H4/c1-28-34(65-47(61)41(66-37(57)23-16-24-53)39(31-17-10-7-11-18-31)52-45(59)32-19-12-8-13-20-32)26-51(62)44(67-46(60)33-21-14-9-15-22-33)42-49(6,35(56)25-36-50(42,27-63-36)68-30(3)55)43(58)40(64-29(2)54)38(28)48(51,4)5;1-2/h7-15,17-22,24,34-36,39-42,44,56,62H,16,23,25-27H2,1-6H3,(H,52,59);1-2H2/t34-,35-,36+,39-,40+,41+,42-,44-,49+,50-,51+;/m0./s1. The SMILES string of the molecule is C=C.CC(=O)O[C@H]1C(=O)[C@@]2(C)[C@H]([C@H](OC(=O)c3ccccc3)[C@]3(O)C[C@H](OC(=O)[C@H](OC(=O)CCC=O)[C@@H](NC(=O)c4ccccc4)c4ccccc4)C(C)=C1C3(C)C)[C@]1(OC(C)=O)CO[C@@H]1C[C@@H]2O. The monoisotopic (exact) mass is 965 g/mol. The maximum Gasteiger partial charge on any atom is 0.350 e. The number of benzene rings is 3. The lowest BCUT2D eigenvalue weighted by Crippen LogP contribution is -2.82. The summed E-state index contributed by atoms with van der Waals surface area (Å²) in [6.07, 6.45) is -11.0. The number of amides is 1. The maximum absolute atomic E-state index is 15.6. The Morgan fingerprint density at radius 3 is 1.99 bits per heavy atom. The Hall–Kier alpha value is -6.82. The van der Waals surface area contributed by atoms with Crippen LogP contribution in [0.15, 0.2) is 115 Å². The average Bonchev–Trinajstić information content (AvgIpc) is 3.33. The molecule has 17 nitrogen and oxygen atoms in total. The Labute approximate surface area is 405 Å². The second-order valence-corrected chi connectivity index (χ2v) is 18.5. The first kappa shape index (κ1) is 52.5. The fourth-order valence-corrected chi connectivity index (χ4v) is 10.7. The zero-order valence-corrected chi connectivity index (χ0v) is 39.9. The summed E-state index contributed by atoms with van der Waals surface area (Å²) in [5, 5.41) is 28.8. The minimum Gasteiger partial charge on any atom is -0.455 e. The third-order valence-corrected chi connectivity index (χ3v) is 14.2. The van der Waals surface area contributed by atoms with Crippen molar-refractivity contribution in [3.63, 3.8) is 0 Å². The van der Waals surface area contributed by atoms with Crippen LogP contribution in [-0.2, 0) is 57.2 Å². The van der Waals surface area contributed by atoms with Gasteiger partial charge in [0.1, 0.15) is 36.2 Å². The first-order valence-electron chi connectivity index (χ1n) is 22.9. The highest BCUT2D eigenvalue weighted by molar-refractivity contribution is 5.96. The molecule has 1 heterocycles. The highest BCUT2D eigenvalue weighted by atomic mass is 16.6. The Bertz CT molecular complexity index is 2510. The molecule has 0 aromatic heterocycles. The lowest BCUT2D eigenvalue weighted by molar-refractivity contribution is -0.346. The van der Waals surface area contributed by atoms with E-state index in [1.165, 1.54) is 52.0 Å². The number of aliphatic hydroxyl groups excluding tert-OH is 1. The van der Waals surface area contributed by atoms with E-state index in [0.717, 1.165) is 13.8 Å². The zero-order chi connectivity index (χ0) is 51.3. The molecule has 3 N–H and O–H groups in total. The Morgan fingerprint density at radius 2 is 1.44 bits per heavy atom. The van der Waals surface area contributed by atoms with Crippen LogP contribution >= 0.6 is 0 Å². The molecular weight excluding hydrogens is 907 g/mol. The fourth-order valence-electron chi connectivity index (χ4n) is 10.7. The van der Waals surface area contributed by atoms with Crippen LogP contribution in [0, 0.1) is 16.7 Å². The van der Waals surface area contributed by atoms with Crippen molar-refractivity contribution in [1.29, 1.82) is 0 Å². The molecule has 1 saturated heterocycles. The van der Waals surface area contributed by atoms with Crippen molar-refractivity contribution in [2.24, 2.45) is 16.7 Å². The van der Waals surface area contributed by atoms with Crippen LogP contribution in [0.2, 0.25) is 0 Å². The van der Waals surface area contributed by atoms with E-state index in [0.29, 0.717) is 11.8 Å². The van der Waals surface area contributed by atoms with E-state index >= 15 is 9.59 Å². The molecule has 4 aliphatic rings. The smallest absolute Gasteiger partial charge is 0.350 e. The van der Waals surface area contributed by atoms with E-state index in [1.54, 1.807) is 66.7 Å². The highest BCUT2D eigenvalue weighted by Crippen LogP contribution is 2.64. The number of carbonyl (C=O) groups is 8. The van der Waals surface area contributed by atoms with Gasteiger partial charge in [-0.25, -0.2) is 9.59 Å². The van der Waals surface area contributed by atoms with Crippen molar-refractivity contribution in [1.82, 2.24) is 5.32 Å². The quantitative estimate of drug-likeness (QED) is 0.0827. The summed E-state index contributed by atoms with van der Waals surface area (Å²) in [5.74, 6) is -8.10. The number of hydrogen-bond acceptors (Lipinski definition) is 16. The van der Waals surface area contributed by atoms with Crippen LogP contribution in [-0.4, -0.2) is 112 Å². The van der Waals surface area contributed by atoms with E-state index in [2.05, 4.69) is 18.5 Å². The number of rotatable bonds is 14. The first-order chi connectivity index (χ1) is 33.2. The van der Waals surface area contributed by atoms with Crippen molar-refractivity contribution < 1.29 is 77.0 Å². The van der Waals surface area contributed by atoms with Crippen molar-refractivity contribution in [2.45, 2.75) is 121 Å². The summed E-state index contributed by atoms with van der Waals surface area (Å²) in [5.41, 5.74) is -7.52. The van der Waals surface area contributed by atoms with E-state index < -0.39 is 125 Å². The summed E-state index contributed by atoms with van der Waals surface area (Å²) in [4.78, 5) is 110. The largest absolute Gasteiger partial charge is 0.455 e. The van der Waals surface area contributed by atoms with Gasteiger partial charge in [0, 0.05) is 44.1 Å². The van der Waals surface area contributed by atoms with Gasteiger partial charge < -0.3 is 48.7 Å². The second kappa shape index (κ2) is 21.0. The number of aldehydes is 1. The second-order valence-electron chi connectivity index (χ2n) is 18.5. The summed E-state index contributed by atoms with van der Waals surface area (Å²) < 4.78 is 36.4. The number of Topliss-reactive ketones (excluding diaryl/α,β-unsaturated/α-hetero) is 1. The molecule has 0 spiro atoms. The number of carbonyl (C=O) groups excluding carboxylic acids is 8. The number of hydrogen-bond donors (Lipinski definition) is 3. The molecule has 2 saturated carbocycles. The average molecular weight is 966 g/mol. The van der Waals surface area contributed by atoms with Crippen LogP contribution in [0.5, 0.6) is 0 Å². The van der Waals surface area contributed by atoms with Gasteiger partial charge in [0.05, 0.1) is 36.0 Å². The van der Waals surface area contributed by atoms with Crippen molar-refractivity contribution in [3.8, 4) is 0 Å². The van der Waals surface area contributed by atoms with Crippen LogP contribution in [0.4, 0.5) is 0 Å². The Balaban J connectivity index is 0.00000397. The van der Waals surface area contributed by atoms with Gasteiger partial charge in [0.2, 0.25) is 6.10 Å². The summed E-state index contributed by atoms with van der Waals surface area (Å²) >= 11 is 0. The molecular formula is C53H59NO16. The summed E-state index contributed by atoms with van der Waals surface area (Å²) in [6.45, 7) is 13.8. The molecule has 1 aliphatic heterocycles. The molecule has 7 rings (SSSR count). The van der Waals surface area contributed by atoms with E-state index in [-0.39, 0.29) is 41.7 Å². The van der Waals surface area contributed by atoms with Gasteiger partial charge in [-0.3, -0.25) is 24.0 Å². The Morgan fingerprint density at radius 1 is 0.857 bits per heavy atom. The van der Waals surface area contributed by atoms with E-state index in [4.69, 9.17) is 28.4 Å². The lowest BCUT2D eigenvalue weighted by atomic mass is 9.44. The van der Waals surface area contributed by atoms with Gasteiger partial charge in [0.25, 0.3) is 5.91 Å². The molecule has 17 heteroatoms. The van der Waals surface area contributed by atoms with Gasteiger partial charge in [-0.05, 0) is 54.8 Å². The topological polar surface area (TPSA) is 244 Å². The molecule has 3 aromatic carbocycles. The molecule has 3 fully saturated rings. The molecule has 70 heavy (non-hydrogen) atoms. The van der Waals surface area contributed by atoms with E-state index in [1.807, 2.05) is 0 Å². The molecule has 3 aromatic rings. The number of ether oxygens (including phenoxy) is 6. The van der Waals surface area contributed by atoms with E-state index in [9.17, 15) is 39.0 Å². The summed E-state index contributed by atoms with van der Waals surface area (Å²) in [6, 6.07) is 22.5. The highest BCUT2D eigenvalue weighted by Gasteiger charge is 2.78. The predicted molar refractivity (Wildman–Crippen MR) is 248 cm³/mol. The van der Waals surface area contributed by atoms with Gasteiger partial charge in [-0.1, -0.05) is 80.6 Å². The normalized spacial score (nSPS) is 29.1. The van der Waals surface area contributed by atoms with Crippen molar-refractivity contribution in [2.75, 3.05) is 6.61 Å². The minimum absolute atomic E-state index is 0.0376. The van der Waals surface area contributed by atoms with Crippen LogP contribution < -0.4 is 5.32 Å². The molecule has 2 bridgehead atoms. The van der Waals surface area contributed by atoms with Gasteiger partial charge >= 0.3 is 29.8 Å². The third kappa shape index (κ3) is 9.57. The fraction of sp³-hybridized carbons (Fsp3) is 0.434. The van der Waals surface area contributed by atoms with Crippen LogP contribution in [0.3, 0.4) is 0 Å². The maximum atomic E-state index is 15.6. The number of ketones is 1. The van der Waals surface area contributed by atoms with Crippen LogP contribution in [0.25, 0.3) is 0 Å². The first-order valence-corrected chi connectivity index (χ1v) is 22.9.